The lowest BCUT2D eigenvalue weighted by atomic mass is 10.1. The van der Waals surface area contributed by atoms with Crippen molar-refractivity contribution in [2.45, 2.75) is 19.4 Å². The summed E-state index contributed by atoms with van der Waals surface area (Å²) in [6.45, 7) is 2.02. The van der Waals surface area contributed by atoms with Crippen LogP contribution < -0.4 is 16.4 Å². The molecule has 1 amide bonds. The fourth-order valence-corrected chi connectivity index (χ4v) is 1.90. The Kier molecular flexibility index (Phi) is 4.95. The number of benzene rings is 1. The van der Waals surface area contributed by atoms with E-state index in [1.54, 1.807) is 6.07 Å². The second-order valence-electron chi connectivity index (χ2n) is 4.93. The Labute approximate surface area is 118 Å². The molecule has 2 rings (SSSR count). The zero-order chi connectivity index (χ0) is 14.4. The molecule has 1 aliphatic carbocycles. The van der Waals surface area contributed by atoms with Crippen LogP contribution in [0.2, 0.25) is 0 Å². The molecule has 0 aliphatic heterocycles. The van der Waals surface area contributed by atoms with Crippen molar-refractivity contribution in [3.8, 4) is 0 Å². The quantitative estimate of drug-likeness (QED) is 0.190. The summed E-state index contributed by atoms with van der Waals surface area (Å²) in [5.41, 5.74) is 7.27. The van der Waals surface area contributed by atoms with E-state index < -0.39 is 0 Å². The molecule has 1 aromatic rings. The third-order valence-corrected chi connectivity index (χ3v) is 3.21. The van der Waals surface area contributed by atoms with Crippen LogP contribution in [0.1, 0.15) is 24.0 Å². The van der Waals surface area contributed by atoms with Crippen molar-refractivity contribution in [2.24, 2.45) is 16.8 Å². The maximum atomic E-state index is 11.4. The molecule has 1 saturated carbocycles. The summed E-state index contributed by atoms with van der Waals surface area (Å²) in [5.74, 6) is 0.525. The highest BCUT2D eigenvalue weighted by atomic mass is 16.4. The van der Waals surface area contributed by atoms with Crippen LogP contribution in [0, 0.1) is 5.92 Å². The Bertz CT molecular complexity index is 498. The van der Waals surface area contributed by atoms with Gasteiger partial charge in [0, 0.05) is 31.1 Å². The number of carbonyl (C=O) groups is 1. The number of amidine groups is 1. The van der Waals surface area contributed by atoms with Crippen molar-refractivity contribution >= 4 is 11.7 Å². The molecule has 1 aromatic carbocycles. The number of nitrogens with one attached hydrogen (secondary N) is 2. The van der Waals surface area contributed by atoms with Gasteiger partial charge >= 0.3 is 0 Å². The molecule has 0 atom stereocenters. The molecule has 20 heavy (non-hydrogen) atoms. The number of hydrogen-bond acceptors (Lipinski definition) is 4. The number of nitrogens with zero attached hydrogens (tertiary/aromatic N) is 1. The monoisotopic (exact) mass is 276 g/mol. The molecule has 108 valence electrons. The maximum absolute atomic E-state index is 11.4. The molecule has 0 heterocycles. The van der Waals surface area contributed by atoms with Gasteiger partial charge in [-0.2, -0.15) is 0 Å². The minimum Gasteiger partial charge on any atom is -0.409 e. The van der Waals surface area contributed by atoms with E-state index in [0.29, 0.717) is 25.2 Å². The highest BCUT2D eigenvalue weighted by molar-refractivity contribution is 5.97. The lowest BCUT2D eigenvalue weighted by Crippen LogP contribution is -2.32. The third-order valence-electron chi connectivity index (χ3n) is 3.21. The van der Waals surface area contributed by atoms with Crippen LogP contribution >= 0.6 is 0 Å². The SMILES string of the molecule is N/C(=N/O)c1cccc(CNCCNC(=O)C2CC2)c1. The lowest BCUT2D eigenvalue weighted by Gasteiger charge is -2.07. The second kappa shape index (κ2) is 6.91. The summed E-state index contributed by atoms with van der Waals surface area (Å²) in [6.07, 6.45) is 2.06. The van der Waals surface area contributed by atoms with Crippen molar-refractivity contribution in [1.82, 2.24) is 10.6 Å². The topological polar surface area (TPSA) is 99.7 Å². The zero-order valence-corrected chi connectivity index (χ0v) is 11.3. The third kappa shape index (κ3) is 4.24. The number of oxime groups is 1. The van der Waals surface area contributed by atoms with Gasteiger partial charge in [-0.25, -0.2) is 0 Å². The predicted molar refractivity (Wildman–Crippen MR) is 76.4 cm³/mol. The Morgan fingerprint density at radius 1 is 1.40 bits per heavy atom. The summed E-state index contributed by atoms with van der Waals surface area (Å²) in [7, 11) is 0. The first-order valence-corrected chi connectivity index (χ1v) is 6.76. The van der Waals surface area contributed by atoms with Gasteiger partial charge in [0.05, 0.1) is 0 Å². The van der Waals surface area contributed by atoms with Gasteiger partial charge < -0.3 is 21.6 Å². The summed E-state index contributed by atoms with van der Waals surface area (Å²) < 4.78 is 0. The maximum Gasteiger partial charge on any atom is 0.223 e. The standard InChI is InChI=1S/C14H20N4O2/c15-13(18-20)12-3-1-2-10(8-12)9-16-6-7-17-14(19)11-4-5-11/h1-3,8,11,16,20H,4-7,9H2,(H2,15,18)(H,17,19). The minimum absolute atomic E-state index is 0.101. The Morgan fingerprint density at radius 2 is 2.20 bits per heavy atom. The minimum atomic E-state index is 0.101. The summed E-state index contributed by atoms with van der Waals surface area (Å²) in [6, 6.07) is 7.47. The largest absolute Gasteiger partial charge is 0.409 e. The van der Waals surface area contributed by atoms with Crippen LogP contribution in [-0.2, 0) is 11.3 Å². The van der Waals surface area contributed by atoms with E-state index in [1.165, 1.54) is 0 Å². The second-order valence-corrected chi connectivity index (χ2v) is 4.93. The van der Waals surface area contributed by atoms with Gasteiger partial charge in [0.2, 0.25) is 5.91 Å². The van der Waals surface area contributed by atoms with Gasteiger partial charge in [-0.05, 0) is 24.5 Å². The Balaban J connectivity index is 1.69. The molecular formula is C14H20N4O2. The molecule has 0 saturated heterocycles. The van der Waals surface area contributed by atoms with Crippen LogP contribution in [0.5, 0.6) is 0 Å². The van der Waals surface area contributed by atoms with E-state index in [2.05, 4.69) is 15.8 Å². The van der Waals surface area contributed by atoms with Crippen LogP contribution in [-0.4, -0.2) is 30.0 Å². The number of nitrogens with two attached hydrogens (primary N) is 1. The highest BCUT2D eigenvalue weighted by Crippen LogP contribution is 2.28. The van der Waals surface area contributed by atoms with Crippen LogP contribution in [0.15, 0.2) is 29.4 Å². The molecular weight excluding hydrogens is 256 g/mol. The number of rotatable bonds is 7. The lowest BCUT2D eigenvalue weighted by molar-refractivity contribution is -0.122. The molecule has 0 spiro atoms. The number of hydrogen-bond donors (Lipinski definition) is 4. The molecule has 0 unspecified atom stereocenters. The smallest absolute Gasteiger partial charge is 0.223 e. The van der Waals surface area contributed by atoms with Crippen molar-refractivity contribution in [3.63, 3.8) is 0 Å². The first-order chi connectivity index (χ1) is 9.70. The van der Waals surface area contributed by atoms with E-state index in [4.69, 9.17) is 10.9 Å². The van der Waals surface area contributed by atoms with E-state index in [-0.39, 0.29) is 17.7 Å². The van der Waals surface area contributed by atoms with Crippen molar-refractivity contribution in [1.29, 1.82) is 0 Å². The molecule has 0 aromatic heterocycles. The summed E-state index contributed by atoms with van der Waals surface area (Å²) in [5, 5.41) is 17.8. The molecule has 6 nitrogen and oxygen atoms in total. The molecule has 5 N–H and O–H groups in total. The molecule has 1 fully saturated rings. The van der Waals surface area contributed by atoms with Gasteiger partial charge in [0.25, 0.3) is 0 Å². The van der Waals surface area contributed by atoms with Gasteiger partial charge in [0.1, 0.15) is 0 Å². The van der Waals surface area contributed by atoms with E-state index in [1.807, 2.05) is 18.2 Å². The first kappa shape index (κ1) is 14.3. The van der Waals surface area contributed by atoms with E-state index >= 15 is 0 Å². The zero-order valence-electron chi connectivity index (χ0n) is 11.3. The van der Waals surface area contributed by atoms with E-state index in [0.717, 1.165) is 18.4 Å². The normalized spacial score (nSPS) is 15.1. The fraction of sp³-hybridized carbons (Fsp3) is 0.429. The average molecular weight is 276 g/mol. The Hall–Kier alpha value is -2.08. The predicted octanol–water partition coefficient (Wildman–Crippen LogP) is 0.397. The van der Waals surface area contributed by atoms with Crippen LogP contribution in [0.4, 0.5) is 0 Å². The van der Waals surface area contributed by atoms with Crippen LogP contribution in [0.3, 0.4) is 0 Å². The molecule has 1 aliphatic rings. The molecule has 6 heteroatoms. The summed E-state index contributed by atoms with van der Waals surface area (Å²) >= 11 is 0. The fourth-order valence-electron chi connectivity index (χ4n) is 1.90. The number of amides is 1. The Morgan fingerprint density at radius 3 is 2.90 bits per heavy atom. The van der Waals surface area contributed by atoms with Crippen molar-refractivity contribution < 1.29 is 10.0 Å². The molecule has 0 radical (unpaired) electrons. The van der Waals surface area contributed by atoms with Gasteiger partial charge in [-0.1, -0.05) is 23.4 Å². The average Bonchev–Trinajstić information content (AvgIpc) is 3.31. The van der Waals surface area contributed by atoms with Crippen molar-refractivity contribution in [2.75, 3.05) is 13.1 Å². The summed E-state index contributed by atoms with van der Waals surface area (Å²) in [4.78, 5) is 11.4. The van der Waals surface area contributed by atoms with Crippen LogP contribution in [0.25, 0.3) is 0 Å². The van der Waals surface area contributed by atoms with Gasteiger partial charge in [-0.15, -0.1) is 0 Å². The van der Waals surface area contributed by atoms with Gasteiger partial charge in [-0.3, -0.25) is 4.79 Å². The highest BCUT2D eigenvalue weighted by Gasteiger charge is 2.28. The van der Waals surface area contributed by atoms with Crippen molar-refractivity contribution in [3.05, 3.63) is 35.4 Å². The first-order valence-electron chi connectivity index (χ1n) is 6.76. The number of carbonyl (C=O) groups excluding carboxylic acids is 1. The molecule has 0 bridgehead atoms. The van der Waals surface area contributed by atoms with Gasteiger partial charge in [0.15, 0.2) is 5.84 Å². The van der Waals surface area contributed by atoms with E-state index in [9.17, 15) is 4.79 Å².